The monoisotopic (exact) mass is 369 g/mol. The van der Waals surface area contributed by atoms with Crippen LogP contribution in [-0.4, -0.2) is 51.4 Å². The van der Waals surface area contributed by atoms with E-state index < -0.39 is 5.60 Å². The van der Waals surface area contributed by atoms with Crippen molar-refractivity contribution in [3.63, 3.8) is 0 Å². The molecular formula is C21H27N3O3. The molecule has 0 spiro atoms. The Labute approximate surface area is 159 Å². The van der Waals surface area contributed by atoms with E-state index in [1.807, 2.05) is 35.2 Å². The van der Waals surface area contributed by atoms with Crippen molar-refractivity contribution in [3.05, 3.63) is 47.3 Å². The molecule has 1 aromatic heterocycles. The molecule has 6 nitrogen and oxygen atoms in total. The van der Waals surface area contributed by atoms with E-state index in [1.54, 1.807) is 0 Å². The molecule has 2 aliphatic rings. The summed E-state index contributed by atoms with van der Waals surface area (Å²) in [5, 5.41) is 18.3. The number of hydrogen-bond donors (Lipinski definition) is 2. The zero-order valence-corrected chi connectivity index (χ0v) is 15.6. The summed E-state index contributed by atoms with van der Waals surface area (Å²) in [4.78, 5) is 14.8. The van der Waals surface area contributed by atoms with Gasteiger partial charge in [0.05, 0.1) is 0 Å². The molecule has 0 saturated carbocycles. The first-order valence-electron chi connectivity index (χ1n) is 9.90. The third-order valence-electron chi connectivity index (χ3n) is 5.71. The number of aryl methyl sites for hydroxylation is 1. The first-order valence-corrected chi connectivity index (χ1v) is 9.90. The Bertz CT molecular complexity index is 789. The largest absolute Gasteiger partial charge is 0.491 e. The lowest BCUT2D eigenvalue weighted by atomic mass is 9.95. The van der Waals surface area contributed by atoms with E-state index in [9.17, 15) is 9.90 Å². The van der Waals surface area contributed by atoms with Crippen molar-refractivity contribution in [1.82, 2.24) is 15.1 Å². The second-order valence-corrected chi connectivity index (χ2v) is 7.71. The summed E-state index contributed by atoms with van der Waals surface area (Å²) in [5.41, 5.74) is 1.89. The van der Waals surface area contributed by atoms with Crippen LogP contribution >= 0.6 is 0 Å². The fraction of sp³-hybridized carbons (Fsp3) is 0.524. The second kappa shape index (κ2) is 7.72. The highest BCUT2D eigenvalue weighted by Gasteiger charge is 2.34. The molecule has 1 atom stereocenters. The molecule has 1 unspecified atom stereocenters. The molecule has 1 aliphatic heterocycles. The second-order valence-electron chi connectivity index (χ2n) is 7.71. The Morgan fingerprint density at radius 1 is 1.15 bits per heavy atom. The number of fused-ring (bicyclic) bond motifs is 1. The normalized spacial score (nSPS) is 22.8. The van der Waals surface area contributed by atoms with Crippen LogP contribution in [0, 0.1) is 0 Å². The highest BCUT2D eigenvalue weighted by Crippen LogP contribution is 2.27. The zero-order valence-electron chi connectivity index (χ0n) is 15.6. The van der Waals surface area contributed by atoms with E-state index in [2.05, 4.69) is 10.2 Å². The van der Waals surface area contributed by atoms with Gasteiger partial charge in [0.1, 0.15) is 18.0 Å². The summed E-state index contributed by atoms with van der Waals surface area (Å²) in [7, 11) is 0. The number of nitrogens with one attached hydrogen (secondary N) is 1. The van der Waals surface area contributed by atoms with Gasteiger partial charge in [0.2, 0.25) is 0 Å². The number of carbonyl (C=O) groups is 1. The van der Waals surface area contributed by atoms with Gasteiger partial charge in [-0.2, -0.15) is 5.10 Å². The summed E-state index contributed by atoms with van der Waals surface area (Å²) in [6, 6.07) is 9.53. The number of H-pyrrole nitrogens is 1. The summed E-state index contributed by atoms with van der Waals surface area (Å²) in [5.74, 6) is 0.744. The average molecular weight is 369 g/mol. The Kier molecular flexibility index (Phi) is 5.16. The molecule has 1 saturated heterocycles. The highest BCUT2D eigenvalue weighted by atomic mass is 16.5. The van der Waals surface area contributed by atoms with Crippen molar-refractivity contribution in [3.8, 4) is 5.75 Å². The van der Waals surface area contributed by atoms with Gasteiger partial charge in [0, 0.05) is 24.3 Å². The maximum Gasteiger partial charge on any atom is 0.274 e. The summed E-state index contributed by atoms with van der Waals surface area (Å²) in [6.07, 6.45) is 6.07. The van der Waals surface area contributed by atoms with E-state index in [-0.39, 0.29) is 12.5 Å². The topological polar surface area (TPSA) is 78.5 Å². The van der Waals surface area contributed by atoms with Gasteiger partial charge >= 0.3 is 0 Å². The minimum atomic E-state index is -0.907. The van der Waals surface area contributed by atoms with Gasteiger partial charge in [-0.25, -0.2) is 0 Å². The van der Waals surface area contributed by atoms with Gasteiger partial charge in [-0.15, -0.1) is 0 Å². The molecule has 1 fully saturated rings. The van der Waals surface area contributed by atoms with Crippen LogP contribution in [0.5, 0.6) is 5.75 Å². The van der Waals surface area contributed by atoms with Crippen LogP contribution < -0.4 is 4.74 Å². The number of aliphatic hydroxyl groups is 1. The number of benzene rings is 1. The number of amides is 1. The molecule has 2 heterocycles. The van der Waals surface area contributed by atoms with Crippen LogP contribution in [0.2, 0.25) is 0 Å². The fourth-order valence-electron chi connectivity index (χ4n) is 4.07. The third kappa shape index (κ3) is 4.00. The molecule has 4 rings (SSSR count). The number of aromatic amines is 1. The quantitative estimate of drug-likeness (QED) is 0.869. The predicted octanol–water partition coefficient (Wildman–Crippen LogP) is 2.72. The van der Waals surface area contributed by atoms with Crippen LogP contribution in [-0.2, 0) is 12.8 Å². The lowest BCUT2D eigenvalue weighted by Crippen LogP contribution is -2.38. The van der Waals surface area contributed by atoms with Crippen molar-refractivity contribution in [2.75, 3.05) is 19.7 Å². The molecule has 6 heteroatoms. The minimum absolute atomic E-state index is 0.0115. The maximum absolute atomic E-state index is 13.0. The van der Waals surface area contributed by atoms with Gasteiger partial charge in [-0.3, -0.25) is 9.89 Å². The number of nitrogens with zero attached hydrogens (tertiary/aromatic N) is 2. The molecule has 0 radical (unpaired) electrons. The summed E-state index contributed by atoms with van der Waals surface area (Å²) < 4.78 is 5.78. The van der Waals surface area contributed by atoms with Crippen molar-refractivity contribution in [2.45, 2.75) is 50.5 Å². The molecule has 1 amide bonds. The number of para-hydroxylation sites is 1. The molecular weight excluding hydrogens is 342 g/mol. The molecule has 0 bridgehead atoms. The molecule has 1 aliphatic carbocycles. The van der Waals surface area contributed by atoms with Gasteiger partial charge in [0.15, 0.2) is 5.69 Å². The molecule has 27 heavy (non-hydrogen) atoms. The number of hydrogen-bond acceptors (Lipinski definition) is 4. The van der Waals surface area contributed by atoms with Gasteiger partial charge < -0.3 is 14.7 Å². The Morgan fingerprint density at radius 2 is 1.96 bits per heavy atom. The Morgan fingerprint density at radius 3 is 2.81 bits per heavy atom. The lowest BCUT2D eigenvalue weighted by Gasteiger charge is -2.27. The van der Waals surface area contributed by atoms with Crippen LogP contribution in [0.4, 0.5) is 0 Å². The van der Waals surface area contributed by atoms with Crippen LogP contribution in [0.25, 0.3) is 0 Å². The Balaban J connectivity index is 1.39. The molecule has 2 N–H and O–H groups in total. The zero-order chi connectivity index (χ0) is 18.7. The number of likely N-dealkylation sites (tertiary alicyclic amines) is 1. The van der Waals surface area contributed by atoms with E-state index in [1.165, 1.54) is 0 Å². The average Bonchev–Trinajstić information content (AvgIpc) is 3.03. The van der Waals surface area contributed by atoms with E-state index in [0.29, 0.717) is 31.6 Å². The van der Waals surface area contributed by atoms with Crippen molar-refractivity contribution in [1.29, 1.82) is 0 Å². The Hall–Kier alpha value is -2.34. The number of carbonyl (C=O) groups excluding carboxylic acids is 1. The minimum Gasteiger partial charge on any atom is -0.491 e. The van der Waals surface area contributed by atoms with Gasteiger partial charge in [0.25, 0.3) is 5.91 Å². The van der Waals surface area contributed by atoms with Crippen LogP contribution in [0.1, 0.15) is 53.8 Å². The van der Waals surface area contributed by atoms with Gasteiger partial charge in [-0.05, 0) is 57.1 Å². The third-order valence-corrected chi connectivity index (χ3v) is 5.71. The van der Waals surface area contributed by atoms with Crippen molar-refractivity contribution in [2.24, 2.45) is 0 Å². The molecule has 2 aromatic rings. The smallest absolute Gasteiger partial charge is 0.274 e. The summed E-state index contributed by atoms with van der Waals surface area (Å²) in [6.45, 7) is 1.42. The predicted molar refractivity (Wildman–Crippen MR) is 102 cm³/mol. The summed E-state index contributed by atoms with van der Waals surface area (Å²) >= 11 is 0. The fourth-order valence-corrected chi connectivity index (χ4v) is 4.07. The first-order chi connectivity index (χ1) is 13.1. The lowest BCUT2D eigenvalue weighted by molar-refractivity contribution is -0.0163. The number of ether oxygens (including phenoxy) is 1. The van der Waals surface area contributed by atoms with E-state index in [0.717, 1.165) is 49.1 Å². The highest BCUT2D eigenvalue weighted by molar-refractivity contribution is 5.94. The van der Waals surface area contributed by atoms with Crippen LogP contribution in [0.3, 0.4) is 0 Å². The number of rotatable bonds is 4. The van der Waals surface area contributed by atoms with Crippen molar-refractivity contribution >= 4 is 5.91 Å². The molecule has 1 aromatic carbocycles. The molecule has 144 valence electrons. The standard InChI is InChI=1S/C21H27N3O3/c25-20(19-17-9-4-5-10-18(17)22-23-19)24-13-6-11-21(26,12-14-24)15-27-16-7-2-1-3-8-16/h1-3,7-8,26H,4-6,9-15H2,(H,22,23). The first kappa shape index (κ1) is 18.0. The van der Waals surface area contributed by atoms with Crippen LogP contribution in [0.15, 0.2) is 30.3 Å². The number of aromatic nitrogens is 2. The van der Waals surface area contributed by atoms with E-state index >= 15 is 0 Å². The van der Waals surface area contributed by atoms with E-state index in [4.69, 9.17) is 4.74 Å². The maximum atomic E-state index is 13.0. The van der Waals surface area contributed by atoms with Crippen molar-refractivity contribution < 1.29 is 14.6 Å². The van der Waals surface area contributed by atoms with Gasteiger partial charge in [-0.1, -0.05) is 18.2 Å². The SMILES string of the molecule is O=C(c1n[nH]c2c1CCCC2)N1CCCC(O)(COc2ccccc2)CC1.